The van der Waals surface area contributed by atoms with Crippen LogP contribution in [0.1, 0.15) is 33.1 Å². The molecular weight excluding hydrogens is 290 g/mol. The second kappa shape index (κ2) is 7.04. The van der Waals surface area contributed by atoms with Crippen molar-refractivity contribution in [3.8, 4) is 11.4 Å². The summed E-state index contributed by atoms with van der Waals surface area (Å²) in [4.78, 5) is 0. The number of aromatic amines is 1. The first-order valence-electron chi connectivity index (χ1n) is 7.03. The molecule has 0 fully saturated rings. The molecule has 108 valence electrons. The van der Waals surface area contributed by atoms with Crippen molar-refractivity contribution >= 4 is 23.8 Å². The molecule has 0 bridgehead atoms. The zero-order valence-corrected chi connectivity index (χ0v) is 13.5. The number of unbranched alkanes of at least 4 members (excludes halogenated alkanes) is 1. The van der Waals surface area contributed by atoms with Crippen LogP contribution in [0.25, 0.3) is 11.4 Å². The fourth-order valence-electron chi connectivity index (χ4n) is 2.26. The Labute approximate surface area is 130 Å². The molecule has 0 amide bonds. The summed E-state index contributed by atoms with van der Waals surface area (Å²) in [5.74, 6) is 1.47. The largest absolute Gasteiger partial charge is 0.300 e. The molecule has 3 nitrogen and oxygen atoms in total. The molecule has 20 heavy (non-hydrogen) atoms. The van der Waals surface area contributed by atoms with Gasteiger partial charge < -0.3 is 0 Å². The van der Waals surface area contributed by atoms with Crippen LogP contribution in [0.15, 0.2) is 24.3 Å². The lowest BCUT2D eigenvalue weighted by Gasteiger charge is -2.13. The van der Waals surface area contributed by atoms with Gasteiger partial charge in [-0.1, -0.05) is 38.3 Å². The Hall–Kier alpha value is -1.13. The summed E-state index contributed by atoms with van der Waals surface area (Å²) in [6.45, 7) is 5.37. The van der Waals surface area contributed by atoms with Gasteiger partial charge in [0.15, 0.2) is 10.6 Å². The van der Waals surface area contributed by atoms with Crippen molar-refractivity contribution in [2.45, 2.75) is 39.7 Å². The van der Waals surface area contributed by atoms with Crippen LogP contribution < -0.4 is 0 Å². The van der Waals surface area contributed by atoms with Crippen LogP contribution in [0.5, 0.6) is 0 Å². The third-order valence-electron chi connectivity index (χ3n) is 3.41. The van der Waals surface area contributed by atoms with E-state index in [-0.39, 0.29) is 0 Å². The number of aromatic nitrogens is 3. The fourth-order valence-corrected chi connectivity index (χ4v) is 2.59. The Kier molecular flexibility index (Phi) is 5.38. The Morgan fingerprint density at radius 3 is 2.70 bits per heavy atom. The Balaban J connectivity index is 2.23. The van der Waals surface area contributed by atoms with Crippen LogP contribution in [0.2, 0.25) is 5.02 Å². The van der Waals surface area contributed by atoms with Crippen molar-refractivity contribution in [1.82, 2.24) is 14.8 Å². The SMILES string of the molecule is CCCCC(C)Cn1c(-c2ccc(Cl)cc2)n[nH]c1=S. The quantitative estimate of drug-likeness (QED) is 0.754. The fraction of sp³-hybridized carbons (Fsp3) is 0.467. The minimum absolute atomic E-state index is 0.588. The van der Waals surface area contributed by atoms with E-state index in [1.54, 1.807) is 0 Å². The molecule has 1 N–H and O–H groups in total. The average molecular weight is 310 g/mol. The molecule has 1 aromatic heterocycles. The second-order valence-electron chi connectivity index (χ2n) is 5.22. The molecule has 0 aliphatic carbocycles. The summed E-state index contributed by atoms with van der Waals surface area (Å²) < 4.78 is 2.76. The molecule has 0 saturated heterocycles. The molecule has 1 heterocycles. The van der Waals surface area contributed by atoms with Gasteiger partial charge in [0.1, 0.15) is 0 Å². The van der Waals surface area contributed by atoms with Crippen LogP contribution in [0.4, 0.5) is 0 Å². The number of rotatable bonds is 6. The standard InChI is InChI=1S/C15H20ClN3S/c1-3-4-5-11(2)10-19-14(17-18-15(19)20)12-6-8-13(16)9-7-12/h6-9,11H,3-5,10H2,1-2H3,(H,18,20). The normalized spacial score (nSPS) is 12.6. The van der Waals surface area contributed by atoms with Crippen molar-refractivity contribution in [1.29, 1.82) is 0 Å². The van der Waals surface area contributed by atoms with Gasteiger partial charge in [0.2, 0.25) is 0 Å². The highest BCUT2D eigenvalue weighted by atomic mass is 35.5. The van der Waals surface area contributed by atoms with Gasteiger partial charge in [0, 0.05) is 17.1 Å². The molecule has 5 heteroatoms. The average Bonchev–Trinajstić information content (AvgIpc) is 2.79. The molecule has 0 aliphatic heterocycles. The summed E-state index contributed by atoms with van der Waals surface area (Å²) in [5, 5.41) is 7.97. The number of hydrogen-bond acceptors (Lipinski definition) is 2. The van der Waals surface area contributed by atoms with Gasteiger partial charge in [0.25, 0.3) is 0 Å². The summed E-state index contributed by atoms with van der Waals surface area (Å²) in [7, 11) is 0. The van der Waals surface area contributed by atoms with E-state index in [1.807, 2.05) is 24.3 Å². The third kappa shape index (κ3) is 3.70. The predicted molar refractivity (Wildman–Crippen MR) is 86.5 cm³/mol. The number of benzene rings is 1. The number of halogens is 1. The summed E-state index contributed by atoms with van der Waals surface area (Å²) >= 11 is 11.3. The smallest absolute Gasteiger partial charge is 0.195 e. The van der Waals surface area contributed by atoms with Crippen molar-refractivity contribution in [3.63, 3.8) is 0 Å². The summed E-state index contributed by atoms with van der Waals surface area (Å²) in [6, 6.07) is 7.69. The van der Waals surface area contributed by atoms with E-state index in [4.69, 9.17) is 23.8 Å². The molecule has 2 aromatic rings. The number of nitrogens with one attached hydrogen (secondary N) is 1. The van der Waals surface area contributed by atoms with Gasteiger partial charge in [0.05, 0.1) is 0 Å². The second-order valence-corrected chi connectivity index (χ2v) is 6.04. The molecule has 0 radical (unpaired) electrons. The van der Waals surface area contributed by atoms with Crippen LogP contribution >= 0.6 is 23.8 Å². The highest BCUT2D eigenvalue weighted by Crippen LogP contribution is 2.21. The topological polar surface area (TPSA) is 33.6 Å². The number of nitrogens with zero attached hydrogens (tertiary/aromatic N) is 2. The van der Waals surface area contributed by atoms with Crippen molar-refractivity contribution < 1.29 is 0 Å². The molecular formula is C15H20ClN3S. The van der Waals surface area contributed by atoms with E-state index in [1.165, 1.54) is 19.3 Å². The highest BCUT2D eigenvalue weighted by molar-refractivity contribution is 7.71. The van der Waals surface area contributed by atoms with Gasteiger partial charge in [-0.3, -0.25) is 9.67 Å². The van der Waals surface area contributed by atoms with Gasteiger partial charge in [-0.2, -0.15) is 5.10 Å². The minimum atomic E-state index is 0.588. The maximum atomic E-state index is 5.93. The Morgan fingerprint density at radius 2 is 2.05 bits per heavy atom. The maximum Gasteiger partial charge on any atom is 0.195 e. The monoisotopic (exact) mass is 309 g/mol. The molecule has 1 atom stereocenters. The summed E-state index contributed by atoms with van der Waals surface area (Å²) in [6.07, 6.45) is 3.69. The molecule has 0 saturated carbocycles. The zero-order valence-electron chi connectivity index (χ0n) is 11.9. The first-order chi connectivity index (χ1) is 9.61. The Morgan fingerprint density at radius 1 is 1.35 bits per heavy atom. The molecule has 2 rings (SSSR count). The van der Waals surface area contributed by atoms with E-state index in [0.717, 1.165) is 23.0 Å². The van der Waals surface area contributed by atoms with Gasteiger partial charge in [-0.25, -0.2) is 0 Å². The van der Waals surface area contributed by atoms with Crippen LogP contribution in [0.3, 0.4) is 0 Å². The molecule has 1 aromatic carbocycles. The van der Waals surface area contributed by atoms with Gasteiger partial charge in [-0.05, 0) is 48.8 Å². The lowest BCUT2D eigenvalue weighted by atomic mass is 10.0. The summed E-state index contributed by atoms with van der Waals surface area (Å²) in [5.41, 5.74) is 1.03. The Bertz CT molecular complexity index is 600. The highest BCUT2D eigenvalue weighted by Gasteiger charge is 2.11. The molecule has 1 unspecified atom stereocenters. The third-order valence-corrected chi connectivity index (χ3v) is 3.97. The van der Waals surface area contributed by atoms with E-state index >= 15 is 0 Å². The van der Waals surface area contributed by atoms with Gasteiger partial charge in [-0.15, -0.1) is 0 Å². The van der Waals surface area contributed by atoms with Crippen molar-refractivity contribution in [2.24, 2.45) is 5.92 Å². The minimum Gasteiger partial charge on any atom is -0.300 e. The first kappa shape index (κ1) is 15.3. The lowest BCUT2D eigenvalue weighted by molar-refractivity contribution is 0.434. The predicted octanol–water partition coefficient (Wildman–Crippen LogP) is 5.09. The zero-order chi connectivity index (χ0) is 14.5. The maximum absolute atomic E-state index is 5.93. The van der Waals surface area contributed by atoms with Crippen LogP contribution in [-0.4, -0.2) is 14.8 Å². The van der Waals surface area contributed by atoms with E-state index < -0.39 is 0 Å². The first-order valence-corrected chi connectivity index (χ1v) is 7.81. The van der Waals surface area contributed by atoms with Crippen LogP contribution in [-0.2, 0) is 6.54 Å². The van der Waals surface area contributed by atoms with E-state index in [0.29, 0.717) is 10.7 Å². The molecule has 0 spiro atoms. The lowest BCUT2D eigenvalue weighted by Crippen LogP contribution is -2.09. The number of H-pyrrole nitrogens is 1. The van der Waals surface area contributed by atoms with Crippen molar-refractivity contribution in [3.05, 3.63) is 34.1 Å². The van der Waals surface area contributed by atoms with Crippen LogP contribution in [0, 0.1) is 10.7 Å². The van der Waals surface area contributed by atoms with E-state index in [2.05, 4.69) is 28.6 Å². The van der Waals surface area contributed by atoms with Gasteiger partial charge >= 0.3 is 0 Å². The molecule has 0 aliphatic rings. The number of hydrogen-bond donors (Lipinski definition) is 1. The van der Waals surface area contributed by atoms with Crippen molar-refractivity contribution in [2.75, 3.05) is 0 Å². The van der Waals surface area contributed by atoms with E-state index in [9.17, 15) is 0 Å².